The molecule has 0 unspecified atom stereocenters. The van der Waals surface area contributed by atoms with Gasteiger partial charge >= 0.3 is 5.97 Å². The van der Waals surface area contributed by atoms with E-state index in [2.05, 4.69) is 26.0 Å². The maximum atomic E-state index is 12.5. The maximum Gasteiger partial charge on any atom is 0.337 e. The summed E-state index contributed by atoms with van der Waals surface area (Å²) >= 11 is 9.72. The van der Waals surface area contributed by atoms with Crippen LogP contribution in [0.3, 0.4) is 0 Å². The summed E-state index contributed by atoms with van der Waals surface area (Å²) in [6, 6.07) is 20.8. The number of nitrogens with one attached hydrogen (secondary N) is 1. The summed E-state index contributed by atoms with van der Waals surface area (Å²) in [7, 11) is 1.29. The molecule has 1 amide bonds. The number of ether oxygens (including phenoxy) is 2. The van der Waals surface area contributed by atoms with Crippen LogP contribution in [0.1, 0.15) is 21.5 Å². The highest BCUT2D eigenvalue weighted by Crippen LogP contribution is 2.27. The highest BCUT2D eigenvalue weighted by Gasteiger charge is 2.12. The third kappa shape index (κ3) is 6.69. The molecule has 0 heterocycles. The summed E-state index contributed by atoms with van der Waals surface area (Å²) in [6.07, 6.45) is 1.43. The molecule has 0 spiro atoms. The molecule has 3 rings (SSSR count). The van der Waals surface area contributed by atoms with Crippen LogP contribution in [0.2, 0.25) is 5.02 Å². The van der Waals surface area contributed by atoms with Gasteiger partial charge in [-0.15, -0.1) is 0 Å². The summed E-state index contributed by atoms with van der Waals surface area (Å²) in [5, 5.41) is 12.4. The van der Waals surface area contributed by atoms with Crippen molar-refractivity contribution in [1.82, 2.24) is 0 Å². The van der Waals surface area contributed by atoms with Crippen LogP contribution in [-0.2, 0) is 16.1 Å². The number of carbonyl (C=O) groups is 2. The van der Waals surface area contributed by atoms with E-state index in [0.29, 0.717) is 34.2 Å². The standard InChI is InChI=1S/C25H18BrClN2O4/c1-32-25(31)18-5-9-21(10-6-18)29-24(30)19(14-28)12-17-4-11-23(22(27)13-17)33-15-16-2-7-20(26)8-3-16/h2-13H,15H2,1H3,(H,29,30)/b19-12+. The molecule has 3 aromatic carbocycles. The van der Waals surface area contributed by atoms with Gasteiger partial charge in [0, 0.05) is 10.2 Å². The number of halogens is 2. The van der Waals surface area contributed by atoms with E-state index in [1.54, 1.807) is 30.3 Å². The van der Waals surface area contributed by atoms with Crippen LogP contribution in [0, 0.1) is 11.3 Å². The molecule has 0 aliphatic carbocycles. The van der Waals surface area contributed by atoms with Crippen LogP contribution < -0.4 is 10.1 Å². The minimum atomic E-state index is -0.588. The van der Waals surface area contributed by atoms with Crippen molar-refractivity contribution in [2.75, 3.05) is 12.4 Å². The van der Waals surface area contributed by atoms with Crippen LogP contribution in [0.5, 0.6) is 5.75 Å². The normalized spacial score (nSPS) is 10.8. The fourth-order valence-corrected chi connectivity index (χ4v) is 3.29. The second-order valence-electron chi connectivity index (χ2n) is 6.80. The first-order chi connectivity index (χ1) is 15.9. The average molecular weight is 526 g/mol. The summed E-state index contributed by atoms with van der Waals surface area (Å²) in [5.74, 6) is -0.577. The highest BCUT2D eigenvalue weighted by atomic mass is 79.9. The summed E-state index contributed by atoms with van der Waals surface area (Å²) in [4.78, 5) is 24.0. The molecule has 0 radical (unpaired) electrons. The quantitative estimate of drug-likeness (QED) is 0.232. The summed E-state index contributed by atoms with van der Waals surface area (Å²) < 4.78 is 11.4. The van der Waals surface area contributed by atoms with E-state index in [-0.39, 0.29) is 5.57 Å². The zero-order chi connectivity index (χ0) is 23.8. The molecule has 1 N–H and O–H groups in total. The molecule has 0 aliphatic heterocycles. The molecule has 0 aromatic heterocycles. The Morgan fingerprint density at radius 3 is 2.39 bits per heavy atom. The number of hydrogen-bond donors (Lipinski definition) is 1. The first-order valence-electron chi connectivity index (χ1n) is 9.68. The molecule has 33 heavy (non-hydrogen) atoms. The molecule has 166 valence electrons. The molecule has 0 aliphatic rings. The average Bonchev–Trinajstić information content (AvgIpc) is 2.83. The number of carbonyl (C=O) groups excluding carboxylic acids is 2. The molecule has 0 fully saturated rings. The third-order valence-electron chi connectivity index (χ3n) is 4.50. The second kappa shape index (κ2) is 11.3. The van der Waals surface area contributed by atoms with E-state index < -0.39 is 11.9 Å². The van der Waals surface area contributed by atoms with Crippen LogP contribution >= 0.6 is 27.5 Å². The molecule has 0 bridgehead atoms. The van der Waals surface area contributed by atoms with Crippen molar-refractivity contribution in [2.45, 2.75) is 6.61 Å². The monoisotopic (exact) mass is 524 g/mol. The minimum Gasteiger partial charge on any atom is -0.487 e. The predicted molar refractivity (Wildman–Crippen MR) is 130 cm³/mol. The van der Waals surface area contributed by atoms with Gasteiger partial charge in [-0.05, 0) is 65.7 Å². The molecule has 0 atom stereocenters. The van der Waals surface area contributed by atoms with Gasteiger partial charge in [0.2, 0.25) is 0 Å². The lowest BCUT2D eigenvalue weighted by Crippen LogP contribution is -2.13. The lowest BCUT2D eigenvalue weighted by Gasteiger charge is -2.09. The Morgan fingerprint density at radius 1 is 1.09 bits per heavy atom. The van der Waals surface area contributed by atoms with Gasteiger partial charge in [-0.25, -0.2) is 4.79 Å². The molecule has 0 saturated carbocycles. The largest absolute Gasteiger partial charge is 0.487 e. The Balaban J connectivity index is 1.67. The zero-order valence-corrected chi connectivity index (χ0v) is 19.8. The smallest absolute Gasteiger partial charge is 0.337 e. The van der Waals surface area contributed by atoms with Crippen molar-refractivity contribution in [2.24, 2.45) is 0 Å². The number of nitriles is 1. The van der Waals surface area contributed by atoms with E-state index in [4.69, 9.17) is 16.3 Å². The summed E-state index contributed by atoms with van der Waals surface area (Å²) in [6.45, 7) is 0.350. The Labute approximate surface area is 204 Å². The van der Waals surface area contributed by atoms with Crippen molar-refractivity contribution in [1.29, 1.82) is 5.26 Å². The Bertz CT molecular complexity index is 1230. The summed E-state index contributed by atoms with van der Waals surface area (Å²) in [5.41, 5.74) is 2.24. The molecule has 6 nitrogen and oxygen atoms in total. The van der Waals surface area contributed by atoms with Crippen LogP contribution in [0.25, 0.3) is 6.08 Å². The third-order valence-corrected chi connectivity index (χ3v) is 5.33. The number of amides is 1. The molecular weight excluding hydrogens is 508 g/mol. The van der Waals surface area contributed by atoms with Crippen molar-refractivity contribution in [3.63, 3.8) is 0 Å². The number of methoxy groups -OCH3 is 1. The van der Waals surface area contributed by atoms with Crippen molar-refractivity contribution >= 4 is 51.2 Å². The minimum absolute atomic E-state index is 0.105. The van der Waals surface area contributed by atoms with Gasteiger partial charge in [-0.2, -0.15) is 5.26 Å². The van der Waals surface area contributed by atoms with Gasteiger partial charge in [-0.1, -0.05) is 45.7 Å². The second-order valence-corrected chi connectivity index (χ2v) is 8.12. The van der Waals surface area contributed by atoms with Crippen molar-refractivity contribution < 1.29 is 19.1 Å². The fourth-order valence-electron chi connectivity index (χ4n) is 2.79. The zero-order valence-electron chi connectivity index (χ0n) is 17.5. The Morgan fingerprint density at radius 2 is 1.79 bits per heavy atom. The van der Waals surface area contributed by atoms with Gasteiger partial charge in [-0.3, -0.25) is 4.79 Å². The van der Waals surface area contributed by atoms with E-state index in [9.17, 15) is 14.9 Å². The van der Waals surface area contributed by atoms with E-state index in [1.807, 2.05) is 30.3 Å². The number of hydrogen-bond acceptors (Lipinski definition) is 5. The lowest BCUT2D eigenvalue weighted by molar-refractivity contribution is -0.112. The van der Waals surface area contributed by atoms with Gasteiger partial charge in [0.15, 0.2) is 0 Å². The van der Waals surface area contributed by atoms with E-state index in [0.717, 1.165) is 10.0 Å². The van der Waals surface area contributed by atoms with Crippen molar-refractivity contribution in [3.8, 4) is 11.8 Å². The molecule has 8 heteroatoms. The van der Waals surface area contributed by atoms with E-state index >= 15 is 0 Å². The number of anilines is 1. The van der Waals surface area contributed by atoms with Gasteiger partial charge in [0.25, 0.3) is 5.91 Å². The van der Waals surface area contributed by atoms with Gasteiger partial charge < -0.3 is 14.8 Å². The topological polar surface area (TPSA) is 88.4 Å². The molecule has 3 aromatic rings. The van der Waals surface area contributed by atoms with Gasteiger partial charge in [0.1, 0.15) is 24.0 Å². The lowest BCUT2D eigenvalue weighted by atomic mass is 10.1. The first kappa shape index (κ1) is 24.1. The first-order valence-corrected chi connectivity index (χ1v) is 10.8. The molecular formula is C25H18BrClN2O4. The fraction of sp³-hybridized carbons (Fsp3) is 0.0800. The predicted octanol–water partition coefficient (Wildman–Crippen LogP) is 6.01. The maximum absolute atomic E-state index is 12.5. The Hall–Kier alpha value is -3.60. The number of esters is 1. The van der Waals surface area contributed by atoms with Crippen LogP contribution in [0.4, 0.5) is 5.69 Å². The SMILES string of the molecule is COC(=O)c1ccc(NC(=O)/C(C#N)=C/c2ccc(OCc3ccc(Br)cc3)c(Cl)c2)cc1. The van der Waals surface area contributed by atoms with Crippen molar-refractivity contribution in [3.05, 3.63) is 98.5 Å². The molecule has 0 saturated heterocycles. The van der Waals surface area contributed by atoms with Gasteiger partial charge in [0.05, 0.1) is 17.7 Å². The Kier molecular flexibility index (Phi) is 8.25. The number of rotatable bonds is 7. The van der Waals surface area contributed by atoms with Crippen LogP contribution in [-0.4, -0.2) is 19.0 Å². The number of benzene rings is 3. The number of nitrogens with zero attached hydrogens (tertiary/aromatic N) is 1. The highest BCUT2D eigenvalue weighted by molar-refractivity contribution is 9.10. The van der Waals surface area contributed by atoms with E-state index in [1.165, 1.54) is 25.3 Å². The van der Waals surface area contributed by atoms with Crippen LogP contribution in [0.15, 0.2) is 76.8 Å².